The summed E-state index contributed by atoms with van der Waals surface area (Å²) in [5.41, 5.74) is -4.99. The minimum atomic E-state index is -2.12. The summed E-state index contributed by atoms with van der Waals surface area (Å²) in [5.74, 6) is -43.0. The van der Waals surface area contributed by atoms with Gasteiger partial charge in [-0.25, -0.2) is 42.5 Å². The van der Waals surface area contributed by atoms with Gasteiger partial charge in [0.2, 0.25) is 70.9 Å². The van der Waals surface area contributed by atoms with Crippen molar-refractivity contribution >= 4 is 71.1 Å². The van der Waals surface area contributed by atoms with Crippen LogP contribution in [0.5, 0.6) is 17.2 Å². The Bertz CT molecular complexity index is 5120. The molecule has 6 aliphatic heterocycles. The zero-order valence-electron chi connectivity index (χ0n) is 68.8. The van der Waals surface area contributed by atoms with Gasteiger partial charge in [0, 0.05) is 87.8 Å². The number of aromatic hydroxyl groups is 3. The van der Waals surface area contributed by atoms with Crippen LogP contribution in [0.25, 0.3) is 0 Å². The molecule has 0 aromatic carbocycles. The van der Waals surface area contributed by atoms with E-state index in [2.05, 4.69) is 67.1 Å². The lowest BCUT2D eigenvalue weighted by Gasteiger charge is -2.41. The molecule has 21 atom stereocenters. The molecule has 13 N–H and O–H groups in total. The van der Waals surface area contributed by atoms with E-state index in [1.54, 1.807) is 0 Å². The second-order valence-corrected chi connectivity index (χ2v) is 30.4. The highest BCUT2D eigenvalue weighted by Gasteiger charge is 2.50. The van der Waals surface area contributed by atoms with E-state index in [1.807, 2.05) is 0 Å². The molecule has 0 bridgehead atoms. The SMILES string of the molecule is C[C@H]1OC(=O)C(C2CCO2)N(C)C(=O)[C@H](C)[C@H](O)[C@H](Cc2c(F)nc(F)c(F)c2F)NC(=O)[C@H]1NC(=O)c1ncccc1O.C[C@H]1OC(=O)C(C2CCO2)NC(=O)[C@H](C)[C@H](O)[C@H](Cc2c(F)nc(F)c(F)c2F)NC(=O)[C@H]1NC(=O)c1ncccc1O.C[C@H]1OC(=O)C(C2CCO2)OC(=O)[C@H](C)[C@H](O)[C@H](Cc2c(F)nc(F)c(F)c2F)NC(=O)[C@H]1NC(=O)c1ncccc1O. The quantitative estimate of drug-likeness (QED) is 0.0281. The number of amides is 8. The third kappa shape index (κ3) is 22.4. The summed E-state index contributed by atoms with van der Waals surface area (Å²) in [7, 11) is 1.24. The van der Waals surface area contributed by atoms with Gasteiger partial charge in [-0.15, -0.1) is 0 Å². The van der Waals surface area contributed by atoms with Crippen LogP contribution in [-0.2, 0) is 95.6 Å². The van der Waals surface area contributed by atoms with E-state index in [9.17, 15) is 141 Å². The summed E-state index contributed by atoms with van der Waals surface area (Å²) in [6.07, 6.45) is -13.2. The largest absolute Gasteiger partial charge is 0.505 e. The van der Waals surface area contributed by atoms with E-state index < -0.39 is 339 Å². The highest BCUT2D eigenvalue weighted by Crippen LogP contribution is 2.32. The van der Waals surface area contributed by atoms with E-state index in [4.69, 9.17) is 33.2 Å². The number of likely N-dealkylation sites (N-methyl/N-ethyl adjacent to an activating group) is 1. The number of hydrogen-bond donors (Lipinski definition) is 13. The molecule has 0 saturated carbocycles. The first kappa shape index (κ1) is 99.0. The summed E-state index contributed by atoms with van der Waals surface area (Å²) in [4.78, 5) is 178. The van der Waals surface area contributed by atoms with Crippen molar-refractivity contribution in [1.29, 1.82) is 0 Å². The second-order valence-electron chi connectivity index (χ2n) is 30.4. The number of esters is 4. The van der Waals surface area contributed by atoms with Gasteiger partial charge in [-0.05, 0) is 76.9 Å². The Labute approximate surface area is 725 Å². The first-order valence-electron chi connectivity index (χ1n) is 39.4. The third-order valence-corrected chi connectivity index (χ3v) is 21.8. The van der Waals surface area contributed by atoms with Crippen molar-refractivity contribution < 1.29 is 174 Å². The van der Waals surface area contributed by atoms with Crippen LogP contribution in [0.2, 0.25) is 0 Å². The number of halogens is 12. The maximum absolute atomic E-state index is 14.6. The highest BCUT2D eigenvalue weighted by molar-refractivity contribution is 6.01. The number of carbonyl (C=O) groups is 12. The molecule has 51 heteroatoms. The number of aromatic nitrogens is 6. The Hall–Kier alpha value is -13.1. The topological polar surface area (TPSA) is 556 Å². The number of rotatable bonds is 15. The van der Waals surface area contributed by atoms with Crippen LogP contribution in [0, 0.1) is 88.3 Å². The molecule has 6 unspecified atom stereocenters. The molecule has 0 radical (unpaired) electrons. The van der Waals surface area contributed by atoms with E-state index in [0.29, 0.717) is 12.8 Å². The Morgan fingerprint density at radius 2 is 0.731 bits per heavy atom. The highest BCUT2D eigenvalue weighted by atomic mass is 19.2. The molecule has 0 spiro atoms. The van der Waals surface area contributed by atoms with Gasteiger partial charge in [-0.2, -0.15) is 54.5 Å². The summed E-state index contributed by atoms with van der Waals surface area (Å²) >= 11 is 0. The van der Waals surface area contributed by atoms with Crippen LogP contribution >= 0.6 is 0 Å². The van der Waals surface area contributed by atoms with Crippen molar-refractivity contribution in [1.82, 2.24) is 72.0 Å². The van der Waals surface area contributed by atoms with Crippen molar-refractivity contribution in [2.45, 2.75) is 189 Å². The molecule has 702 valence electrons. The Kier molecular flexibility index (Phi) is 32.3. The molecule has 0 aliphatic carbocycles. The van der Waals surface area contributed by atoms with Crippen LogP contribution in [0.3, 0.4) is 0 Å². The number of nitrogens with zero attached hydrogens (tertiary/aromatic N) is 7. The van der Waals surface area contributed by atoms with Crippen molar-refractivity contribution in [3.63, 3.8) is 0 Å². The van der Waals surface area contributed by atoms with Gasteiger partial charge >= 0.3 is 23.9 Å². The molecule has 12 heterocycles. The van der Waals surface area contributed by atoms with Gasteiger partial charge in [0.05, 0.1) is 66.4 Å². The number of nitrogens with one attached hydrogen (secondary N) is 7. The predicted octanol–water partition coefficient (Wildman–Crippen LogP) is 0.111. The molecule has 12 rings (SSSR count). The molecular weight excluding hydrogens is 1770 g/mol. The van der Waals surface area contributed by atoms with Crippen LogP contribution in [-0.4, -0.2) is 273 Å². The number of ether oxygens (including phenoxy) is 7. The number of carbonyl (C=O) groups excluding carboxylic acids is 12. The number of aliphatic hydroxyl groups is 3. The number of cyclic esters (lactones) is 4. The number of pyridine rings is 6. The number of hydrogen-bond acceptors (Lipinski definition) is 31. The first-order chi connectivity index (χ1) is 61.3. The average Bonchev–Trinajstić information content (AvgIpc) is 0.787. The number of aliphatic hydroxyl groups excluding tert-OH is 3. The lowest BCUT2D eigenvalue weighted by atomic mass is 9.90. The second kappa shape index (κ2) is 42.4. The average molecular weight is 1860 g/mol. The van der Waals surface area contributed by atoms with Gasteiger partial charge < -0.3 is 106 Å². The first-order valence-corrected chi connectivity index (χ1v) is 39.4. The lowest BCUT2D eigenvalue weighted by molar-refractivity contribution is -0.198. The maximum Gasteiger partial charge on any atom is 0.350 e. The third-order valence-electron chi connectivity index (χ3n) is 21.8. The minimum Gasteiger partial charge on any atom is -0.505 e. The van der Waals surface area contributed by atoms with Crippen molar-refractivity contribution in [3.8, 4) is 17.2 Å². The normalized spacial score (nSPS) is 28.3. The minimum absolute atomic E-state index is 0.232. The molecule has 6 aromatic rings. The van der Waals surface area contributed by atoms with Crippen LogP contribution in [0.4, 0.5) is 52.7 Å². The lowest BCUT2D eigenvalue weighted by Crippen LogP contribution is -2.62. The fourth-order valence-electron chi connectivity index (χ4n) is 13.9. The fourth-order valence-corrected chi connectivity index (χ4v) is 13.9. The van der Waals surface area contributed by atoms with Gasteiger partial charge in [-0.1, -0.05) is 13.8 Å². The van der Waals surface area contributed by atoms with E-state index >= 15 is 0 Å². The fraction of sp³-hybridized carbons (Fsp3) is 0.468. The van der Waals surface area contributed by atoms with Crippen molar-refractivity contribution in [2.75, 3.05) is 26.9 Å². The predicted molar refractivity (Wildman–Crippen MR) is 404 cm³/mol. The van der Waals surface area contributed by atoms with Crippen molar-refractivity contribution in [3.05, 3.63) is 159 Å². The zero-order chi connectivity index (χ0) is 95.6. The van der Waals surface area contributed by atoms with Gasteiger partial charge in [0.1, 0.15) is 59.8 Å². The van der Waals surface area contributed by atoms with E-state index in [1.165, 1.54) is 78.5 Å². The van der Waals surface area contributed by atoms with Gasteiger partial charge in [-0.3, -0.25) is 43.2 Å². The molecule has 6 aliphatic rings. The molecule has 130 heavy (non-hydrogen) atoms. The molecule has 39 nitrogen and oxygen atoms in total. The summed E-state index contributed by atoms with van der Waals surface area (Å²) in [6, 6.07) is -6.06. The molecule has 6 fully saturated rings. The Morgan fingerprint density at radius 1 is 0.408 bits per heavy atom. The van der Waals surface area contributed by atoms with Gasteiger partial charge in [0.15, 0.2) is 46.6 Å². The summed E-state index contributed by atoms with van der Waals surface area (Å²) in [5, 5.41) is 79.4. The van der Waals surface area contributed by atoms with Crippen LogP contribution < -0.4 is 37.2 Å². The molecule has 8 amide bonds. The summed E-state index contributed by atoms with van der Waals surface area (Å²) in [6.45, 7) is 7.89. The monoisotopic (exact) mass is 1850 g/mol. The standard InChI is InChI=1S/C27H29F4N5O8.C26H27F4N5O8.C26H26F4N4O9/c1-10-21(38)13(9-12-16(28)17(29)23(31)35-22(12)30)33-24(39)18(34-25(40)19-14(37)5-4-7-32-19)11(2)44-27(42)20(15-6-8-43-15)36(3)26(10)41;1-9-20(37)12(8-11-15(27)16(28)22(30)35-21(11)29)32-24(39)17(33-25(40)18-13(36)4-3-6-31-18)10(2)43-26(41)19(34-23(9)38)14-5-7-42-14;1-9-19(36)12(8-11-15(27)16(28)22(30)34-21(11)29)32-23(37)17(33-24(38)18-13(35)4-3-6-31-18)10(2)42-26(40)20(43-25(9)39)14-5-7-41-14/h4-5,7,10-11,13,15,18,20-21,37-38H,6,8-9H2,1-3H3,(H,33,39)(H,34,40);3-4,6,9-10,12,14,17,19-20,36-37H,5,7-8H2,1-2H3,(H,32,39)(H,33,40)(H,34,38);3-4,6,9-10,12,14,17,19-20,35-36H,5,7-8H2,1-2H3,(H,32,37)(H,33,38)/t10-,11-,13+,15?,18+,20?,21+;9-,10-,12+,14?,17+,19?,20+;9-,10-,12+,14?,17+,19+,20?/m111/s1. The summed E-state index contributed by atoms with van der Waals surface area (Å²) < 4.78 is 207. The van der Waals surface area contributed by atoms with Crippen LogP contribution in [0.15, 0.2) is 55.0 Å². The Balaban J connectivity index is 0.000000203. The van der Waals surface area contributed by atoms with E-state index in [-0.39, 0.29) is 26.2 Å². The van der Waals surface area contributed by atoms with Crippen LogP contribution in [0.1, 0.15) is 109 Å². The maximum atomic E-state index is 14.6. The molecule has 6 saturated heterocycles. The Morgan fingerprint density at radius 3 is 1.06 bits per heavy atom. The van der Waals surface area contributed by atoms with Crippen molar-refractivity contribution in [2.24, 2.45) is 17.8 Å². The van der Waals surface area contributed by atoms with Gasteiger partial charge in [0.25, 0.3) is 35.6 Å². The smallest absolute Gasteiger partial charge is 0.350 e. The van der Waals surface area contributed by atoms with E-state index in [0.717, 1.165) is 30.0 Å². The molecule has 6 aromatic heterocycles. The zero-order valence-corrected chi connectivity index (χ0v) is 68.8. The molecular formula is C79H82F12N14O25.